The molecular formula is ClIO3S. The Morgan fingerprint density at radius 2 is 1.83 bits per heavy atom. The van der Waals surface area contributed by atoms with Gasteiger partial charge in [-0.25, -0.2) is 0 Å². The van der Waals surface area contributed by atoms with E-state index in [-0.39, 0.29) is 0 Å². The molecule has 0 saturated carbocycles. The minimum atomic E-state index is -3.70. The highest BCUT2D eigenvalue weighted by Crippen LogP contribution is 2.02. The lowest BCUT2D eigenvalue weighted by atomic mass is 15.9. The van der Waals surface area contributed by atoms with Crippen molar-refractivity contribution < 1.29 is 10.9 Å². The van der Waals surface area contributed by atoms with Gasteiger partial charge in [0.2, 0.25) is 0 Å². The molecule has 0 fully saturated rings. The summed E-state index contributed by atoms with van der Waals surface area (Å²) in [4.78, 5) is 0. The first-order chi connectivity index (χ1) is 2.56. The third-order valence-electron chi connectivity index (χ3n) is 0.0752. The van der Waals surface area contributed by atoms with E-state index in [4.69, 9.17) is 0 Å². The van der Waals surface area contributed by atoms with Crippen molar-refractivity contribution in [2.24, 2.45) is 0 Å². The highest BCUT2D eigenvalue weighted by molar-refractivity contribution is 14.1. The fraction of sp³-hybridized carbons (Fsp3) is 0. The Morgan fingerprint density at radius 3 is 1.83 bits per heavy atom. The summed E-state index contributed by atoms with van der Waals surface area (Å²) < 4.78 is 22.7. The van der Waals surface area contributed by atoms with Crippen LogP contribution in [0.15, 0.2) is 0 Å². The molecule has 0 N–H and O–H groups in total. The molecule has 0 rings (SSSR count). The van der Waals surface area contributed by atoms with E-state index in [0.717, 1.165) is 0 Å². The van der Waals surface area contributed by atoms with Gasteiger partial charge in [-0.05, 0) is 0 Å². The molecule has 0 unspecified atom stereocenters. The Hall–Kier alpha value is 0.930. The van der Waals surface area contributed by atoms with E-state index < -0.39 is 9.33 Å². The van der Waals surface area contributed by atoms with Crippen molar-refractivity contribution in [2.45, 2.75) is 0 Å². The molecule has 6 heteroatoms. The van der Waals surface area contributed by atoms with Gasteiger partial charge in [0.15, 0.2) is 0 Å². The Kier molecular flexibility index (Phi) is 2.65. The summed E-state index contributed by atoms with van der Waals surface area (Å²) in [6, 6.07) is 0. The lowest BCUT2D eigenvalue weighted by molar-refractivity contribution is 0.554. The van der Waals surface area contributed by atoms with Gasteiger partial charge in [-0.1, -0.05) is 0 Å². The maximum Gasteiger partial charge on any atom is 0.364 e. The molecule has 0 saturated heterocycles. The SMILES string of the molecule is O=S(=O)(Cl)OI. The van der Waals surface area contributed by atoms with Gasteiger partial charge < -0.3 is 0 Å². The van der Waals surface area contributed by atoms with Crippen LogP contribution in [0.4, 0.5) is 0 Å². The van der Waals surface area contributed by atoms with Crippen molar-refractivity contribution in [2.75, 3.05) is 0 Å². The molecule has 0 radical (unpaired) electrons. The fourth-order valence-electron chi connectivity index (χ4n) is 0. The molecule has 0 aromatic rings. The van der Waals surface area contributed by atoms with Gasteiger partial charge in [0.1, 0.15) is 23.0 Å². The Bertz CT molecular complexity index is 113. The van der Waals surface area contributed by atoms with Gasteiger partial charge in [0.25, 0.3) is 0 Å². The smallest absolute Gasteiger partial charge is 0.187 e. The third kappa shape index (κ3) is 4.93. The zero-order chi connectivity index (χ0) is 5.21. The first-order valence-electron chi connectivity index (χ1n) is 0.809. The van der Waals surface area contributed by atoms with Crippen molar-refractivity contribution in [3.05, 3.63) is 0 Å². The average molecular weight is 242 g/mol. The molecule has 0 atom stereocenters. The molecule has 6 heavy (non-hydrogen) atoms. The maximum absolute atomic E-state index is 9.54. The van der Waals surface area contributed by atoms with Crippen LogP contribution in [-0.2, 0) is 11.8 Å². The van der Waals surface area contributed by atoms with Gasteiger partial charge in [0, 0.05) is 0 Å². The highest BCUT2D eigenvalue weighted by Gasteiger charge is 1.97. The predicted octanol–water partition coefficient (Wildman–Crippen LogP) is 0.837. The van der Waals surface area contributed by atoms with Crippen LogP contribution in [0.2, 0.25) is 0 Å². The van der Waals surface area contributed by atoms with Crippen LogP contribution in [0.1, 0.15) is 0 Å². The van der Waals surface area contributed by atoms with Crippen LogP contribution in [0.3, 0.4) is 0 Å². The molecule has 0 aromatic carbocycles. The normalized spacial score (nSPS) is 11.7. The van der Waals surface area contributed by atoms with Crippen LogP contribution in [0, 0.1) is 0 Å². The molecule has 3 nitrogen and oxygen atoms in total. The molecular weight excluding hydrogens is 242 g/mol. The molecule has 38 valence electrons. The number of rotatable bonds is 1. The fourth-order valence-corrected chi connectivity index (χ4v) is 0. The lowest BCUT2D eigenvalue weighted by Gasteiger charge is -1.77. The third-order valence-corrected chi connectivity index (χ3v) is 2.47. The second kappa shape index (κ2) is 2.29. The molecule has 0 aliphatic heterocycles. The Morgan fingerprint density at radius 1 is 1.67 bits per heavy atom. The number of hydrogen-bond acceptors (Lipinski definition) is 3. The monoisotopic (exact) mass is 242 g/mol. The van der Waals surface area contributed by atoms with Gasteiger partial charge in [-0.15, -0.1) is 0 Å². The molecule has 0 aliphatic carbocycles. The van der Waals surface area contributed by atoms with Crippen LogP contribution >= 0.6 is 33.7 Å². The maximum atomic E-state index is 9.54. The van der Waals surface area contributed by atoms with Gasteiger partial charge in [-0.2, -0.15) is 10.9 Å². The molecule has 0 bridgehead atoms. The van der Waals surface area contributed by atoms with E-state index in [1.807, 2.05) is 0 Å². The van der Waals surface area contributed by atoms with Gasteiger partial charge in [0.05, 0.1) is 10.7 Å². The van der Waals surface area contributed by atoms with Crippen LogP contribution < -0.4 is 0 Å². The van der Waals surface area contributed by atoms with Crippen molar-refractivity contribution >= 4 is 43.0 Å². The second-order valence-corrected chi connectivity index (χ2v) is 3.58. The van der Waals surface area contributed by atoms with E-state index in [2.05, 4.69) is 13.2 Å². The molecule has 0 aliphatic rings. The largest absolute Gasteiger partial charge is 0.364 e. The van der Waals surface area contributed by atoms with Crippen molar-refractivity contribution in [3.63, 3.8) is 0 Å². The first-order valence-corrected chi connectivity index (χ1v) is 3.92. The second-order valence-electron chi connectivity index (χ2n) is 0.456. The Labute approximate surface area is 53.9 Å². The zero-order valence-corrected chi connectivity index (χ0v) is 6.12. The number of halogens is 2. The molecule has 0 amide bonds. The predicted molar refractivity (Wildman–Crippen MR) is 29.9 cm³/mol. The van der Waals surface area contributed by atoms with Crippen molar-refractivity contribution in [1.29, 1.82) is 0 Å². The van der Waals surface area contributed by atoms with Crippen molar-refractivity contribution in [1.82, 2.24) is 0 Å². The molecule has 0 heterocycles. The highest BCUT2D eigenvalue weighted by atomic mass is 127. The zero-order valence-electron chi connectivity index (χ0n) is 2.39. The summed E-state index contributed by atoms with van der Waals surface area (Å²) in [5, 5.41) is 0. The van der Waals surface area contributed by atoms with E-state index in [0.29, 0.717) is 0 Å². The minimum absolute atomic E-state index is 1.17. The van der Waals surface area contributed by atoms with Gasteiger partial charge >= 0.3 is 9.33 Å². The van der Waals surface area contributed by atoms with Crippen LogP contribution in [-0.4, -0.2) is 8.42 Å². The summed E-state index contributed by atoms with van der Waals surface area (Å²) in [7, 11) is 0.757. The molecule has 0 spiro atoms. The summed E-state index contributed by atoms with van der Waals surface area (Å²) >= 11 is 1.17. The summed E-state index contributed by atoms with van der Waals surface area (Å²) in [5.74, 6) is 0. The Balaban J connectivity index is 3.85. The first kappa shape index (κ1) is 6.93. The van der Waals surface area contributed by atoms with E-state index in [1.165, 1.54) is 23.0 Å². The van der Waals surface area contributed by atoms with E-state index in [1.54, 1.807) is 0 Å². The summed E-state index contributed by atoms with van der Waals surface area (Å²) in [6.45, 7) is 0. The summed E-state index contributed by atoms with van der Waals surface area (Å²) in [6.07, 6.45) is 0. The average Bonchev–Trinajstić information content (AvgIpc) is 1.35. The summed E-state index contributed by atoms with van der Waals surface area (Å²) in [5.41, 5.74) is 0. The van der Waals surface area contributed by atoms with Crippen LogP contribution in [0.5, 0.6) is 0 Å². The quantitative estimate of drug-likeness (QED) is 0.505. The van der Waals surface area contributed by atoms with E-state index >= 15 is 0 Å². The minimum Gasteiger partial charge on any atom is -0.187 e. The van der Waals surface area contributed by atoms with E-state index in [9.17, 15) is 8.42 Å². The standard InChI is InChI=1S/ClIO3S/c1-6(3,4)5-2. The lowest BCUT2D eigenvalue weighted by Crippen LogP contribution is -1.81. The van der Waals surface area contributed by atoms with Crippen LogP contribution in [0.25, 0.3) is 0 Å². The number of hydrogen-bond donors (Lipinski definition) is 0. The van der Waals surface area contributed by atoms with Crippen molar-refractivity contribution in [3.8, 4) is 0 Å². The topological polar surface area (TPSA) is 43.4 Å². The van der Waals surface area contributed by atoms with Gasteiger partial charge in [-0.3, -0.25) is 0 Å². The molecule has 0 aromatic heterocycles.